The molecular formula is C18H28O10P2. The number of methoxy groups -OCH3 is 2. The lowest BCUT2D eigenvalue weighted by atomic mass is 10.1. The Labute approximate surface area is 176 Å². The predicted octanol–water partition coefficient (Wildman–Crippen LogP) is 3.04. The van der Waals surface area contributed by atoms with Crippen LogP contribution in [-0.4, -0.2) is 52.6 Å². The van der Waals surface area contributed by atoms with Gasteiger partial charge in [-0.25, -0.2) is 9.59 Å². The van der Waals surface area contributed by atoms with E-state index in [1.807, 2.05) is 0 Å². The van der Waals surface area contributed by atoms with Crippen LogP contribution in [-0.2, 0) is 36.7 Å². The molecule has 0 saturated carbocycles. The van der Waals surface area contributed by atoms with Gasteiger partial charge in [0.05, 0.1) is 62.4 Å². The zero-order valence-electron chi connectivity index (χ0n) is 18.0. The number of rotatable bonds is 12. The van der Waals surface area contributed by atoms with E-state index in [1.165, 1.54) is 0 Å². The monoisotopic (exact) mass is 466 g/mol. The van der Waals surface area contributed by atoms with Crippen molar-refractivity contribution in [3.05, 3.63) is 23.3 Å². The largest absolute Gasteiger partial charge is 0.465 e. The molecule has 0 bridgehead atoms. The minimum Gasteiger partial charge on any atom is -0.465 e. The molecule has 0 aromatic heterocycles. The lowest BCUT2D eigenvalue weighted by Gasteiger charge is -2.26. The summed E-state index contributed by atoms with van der Waals surface area (Å²) in [6.07, 6.45) is 0. The van der Waals surface area contributed by atoms with Gasteiger partial charge in [0.25, 0.3) is 0 Å². The van der Waals surface area contributed by atoms with E-state index < -0.39 is 27.1 Å². The third-order valence-electron chi connectivity index (χ3n) is 3.68. The molecule has 0 fully saturated rings. The highest BCUT2D eigenvalue weighted by Crippen LogP contribution is 2.53. The van der Waals surface area contributed by atoms with Gasteiger partial charge in [0.15, 0.2) is 0 Å². The molecule has 0 aliphatic heterocycles. The number of benzene rings is 1. The third-order valence-corrected chi connectivity index (χ3v) is 8.22. The Morgan fingerprint density at radius 3 is 1.57 bits per heavy atom. The molecule has 170 valence electrons. The summed E-state index contributed by atoms with van der Waals surface area (Å²) < 4.78 is 58.4. The van der Waals surface area contributed by atoms with E-state index >= 15 is 0 Å². The second-order valence-electron chi connectivity index (χ2n) is 5.54. The molecule has 0 unspecified atom stereocenters. The van der Waals surface area contributed by atoms with Crippen LogP contribution in [0.15, 0.2) is 12.1 Å². The Morgan fingerprint density at radius 2 is 1.17 bits per heavy atom. The molecule has 0 spiro atoms. The maximum atomic E-state index is 13.7. The second kappa shape index (κ2) is 11.7. The van der Waals surface area contributed by atoms with Crippen LogP contribution >= 0.6 is 15.2 Å². The number of hydrogen-bond donors (Lipinski definition) is 0. The molecule has 0 N–H and O–H groups in total. The highest BCUT2D eigenvalue weighted by atomic mass is 31.2. The fourth-order valence-electron chi connectivity index (χ4n) is 2.64. The number of ether oxygens (including phenoxy) is 2. The number of carbonyl (C=O) groups is 2. The Balaban J connectivity index is 4.15. The van der Waals surface area contributed by atoms with Crippen LogP contribution in [0.3, 0.4) is 0 Å². The van der Waals surface area contributed by atoms with E-state index in [0.717, 1.165) is 26.4 Å². The van der Waals surface area contributed by atoms with Crippen molar-refractivity contribution in [2.75, 3.05) is 40.6 Å². The van der Waals surface area contributed by atoms with Crippen molar-refractivity contribution in [2.45, 2.75) is 27.7 Å². The summed E-state index contributed by atoms with van der Waals surface area (Å²) in [5.41, 5.74) is -0.476. The first-order valence-electron chi connectivity index (χ1n) is 9.31. The summed E-state index contributed by atoms with van der Waals surface area (Å²) in [7, 11) is -6.11. The lowest BCUT2D eigenvalue weighted by molar-refractivity contribution is 0.0599. The predicted molar refractivity (Wildman–Crippen MR) is 110 cm³/mol. The average Bonchev–Trinajstić information content (AvgIpc) is 2.72. The first-order valence-corrected chi connectivity index (χ1v) is 12.4. The summed E-state index contributed by atoms with van der Waals surface area (Å²) >= 11 is 0. The molecule has 0 aliphatic rings. The summed E-state index contributed by atoms with van der Waals surface area (Å²) in [5, 5.41) is -0.629. The average molecular weight is 466 g/mol. The van der Waals surface area contributed by atoms with E-state index in [9.17, 15) is 18.7 Å². The third kappa shape index (κ3) is 5.78. The molecule has 1 aromatic carbocycles. The van der Waals surface area contributed by atoms with Crippen LogP contribution in [0, 0.1) is 0 Å². The van der Waals surface area contributed by atoms with E-state index in [1.54, 1.807) is 27.7 Å². The van der Waals surface area contributed by atoms with Gasteiger partial charge in [-0.15, -0.1) is 0 Å². The van der Waals surface area contributed by atoms with Crippen molar-refractivity contribution in [2.24, 2.45) is 0 Å². The van der Waals surface area contributed by atoms with Gasteiger partial charge < -0.3 is 27.6 Å². The normalized spacial score (nSPS) is 11.9. The summed E-state index contributed by atoms with van der Waals surface area (Å²) in [6, 6.07) is 2.26. The van der Waals surface area contributed by atoms with E-state index in [4.69, 9.17) is 27.6 Å². The Hall–Kier alpha value is -1.54. The van der Waals surface area contributed by atoms with Crippen molar-refractivity contribution in [3.8, 4) is 0 Å². The zero-order chi connectivity index (χ0) is 22.9. The standard InChI is InChI=1S/C18H28O10P2/c1-7-25-29(21,26-8-2)15-12-13(17(19)23-5)11-14(18(20)24-6)16(15)30(22,27-9-3)28-10-4/h11-12H,7-10H2,1-6H3. The Bertz CT molecular complexity index is 832. The fourth-order valence-corrected chi connectivity index (χ4v) is 6.89. The van der Waals surface area contributed by atoms with Crippen molar-refractivity contribution < 1.29 is 46.3 Å². The van der Waals surface area contributed by atoms with E-state index in [0.29, 0.717) is 0 Å². The van der Waals surface area contributed by atoms with Gasteiger partial charge in [-0.05, 0) is 39.8 Å². The molecule has 0 amide bonds. The molecule has 30 heavy (non-hydrogen) atoms. The van der Waals surface area contributed by atoms with Crippen molar-refractivity contribution in [3.63, 3.8) is 0 Å². The molecular weight excluding hydrogens is 438 g/mol. The maximum Gasteiger partial charge on any atom is 0.363 e. The van der Waals surface area contributed by atoms with Gasteiger partial charge in [-0.3, -0.25) is 9.13 Å². The topological polar surface area (TPSA) is 124 Å². The zero-order valence-corrected chi connectivity index (χ0v) is 19.7. The van der Waals surface area contributed by atoms with Crippen LogP contribution < -0.4 is 10.6 Å². The fraction of sp³-hybridized carbons (Fsp3) is 0.556. The molecule has 0 atom stereocenters. The van der Waals surface area contributed by atoms with Gasteiger partial charge in [0.1, 0.15) is 0 Å². The molecule has 1 aromatic rings. The van der Waals surface area contributed by atoms with Gasteiger partial charge in [0, 0.05) is 0 Å². The quantitative estimate of drug-likeness (QED) is 0.335. The van der Waals surface area contributed by atoms with Crippen LogP contribution in [0.2, 0.25) is 0 Å². The molecule has 12 heteroatoms. The molecule has 0 heterocycles. The summed E-state index contributed by atoms with van der Waals surface area (Å²) in [6.45, 7) is 6.20. The number of carbonyl (C=O) groups excluding carboxylic acids is 2. The van der Waals surface area contributed by atoms with Crippen molar-refractivity contribution >= 4 is 37.7 Å². The summed E-state index contributed by atoms with van der Waals surface area (Å²) in [4.78, 5) is 24.8. The van der Waals surface area contributed by atoms with Gasteiger partial charge in [0.2, 0.25) is 0 Å². The highest BCUT2D eigenvalue weighted by molar-refractivity contribution is 7.69. The minimum atomic E-state index is -4.20. The molecule has 0 saturated heterocycles. The first kappa shape index (κ1) is 26.5. The number of esters is 2. The van der Waals surface area contributed by atoms with Crippen molar-refractivity contribution in [1.82, 2.24) is 0 Å². The molecule has 1 rings (SSSR count). The molecule has 0 aliphatic carbocycles. The Kier molecular flexibility index (Phi) is 10.4. The highest BCUT2D eigenvalue weighted by Gasteiger charge is 2.43. The van der Waals surface area contributed by atoms with Crippen LogP contribution in [0.5, 0.6) is 0 Å². The number of hydrogen-bond acceptors (Lipinski definition) is 10. The SMILES string of the molecule is CCOP(=O)(OCC)c1cc(C(=O)OC)cc(C(=O)OC)c1P(=O)(OCC)OCC. The maximum absolute atomic E-state index is 13.7. The van der Waals surface area contributed by atoms with E-state index in [2.05, 4.69) is 0 Å². The van der Waals surface area contributed by atoms with Crippen LogP contribution in [0.4, 0.5) is 0 Å². The molecule has 10 nitrogen and oxygen atoms in total. The van der Waals surface area contributed by atoms with Crippen LogP contribution in [0.25, 0.3) is 0 Å². The van der Waals surface area contributed by atoms with Gasteiger partial charge >= 0.3 is 27.1 Å². The molecule has 0 radical (unpaired) electrons. The van der Waals surface area contributed by atoms with Crippen LogP contribution in [0.1, 0.15) is 48.4 Å². The minimum absolute atomic E-state index is 0.0275. The van der Waals surface area contributed by atoms with Gasteiger partial charge in [-0.1, -0.05) is 0 Å². The smallest absolute Gasteiger partial charge is 0.363 e. The second-order valence-corrected chi connectivity index (χ2v) is 9.49. The summed E-state index contributed by atoms with van der Waals surface area (Å²) in [5.74, 6) is -1.77. The van der Waals surface area contributed by atoms with E-state index in [-0.39, 0.29) is 48.2 Å². The lowest BCUT2D eigenvalue weighted by Crippen LogP contribution is -2.35. The first-order chi connectivity index (χ1) is 14.2. The van der Waals surface area contributed by atoms with Gasteiger partial charge in [-0.2, -0.15) is 0 Å². The Morgan fingerprint density at radius 1 is 0.733 bits per heavy atom. The van der Waals surface area contributed by atoms with Crippen molar-refractivity contribution in [1.29, 1.82) is 0 Å².